The molecular weight excluding hydrogens is 807 g/mol. The van der Waals surface area contributed by atoms with E-state index in [1.54, 1.807) is 0 Å². The molecule has 0 unspecified atom stereocenters. The molecule has 5 nitrogen and oxygen atoms in total. The number of aromatic nitrogens is 3. The minimum atomic E-state index is 0.365. The third-order valence-electron chi connectivity index (χ3n) is 15.3. The van der Waals surface area contributed by atoms with Crippen molar-refractivity contribution in [2.24, 2.45) is 17.8 Å². The van der Waals surface area contributed by atoms with Crippen LogP contribution in [0.3, 0.4) is 0 Å². The summed E-state index contributed by atoms with van der Waals surface area (Å²) in [5.74, 6) is 4.54. The van der Waals surface area contributed by atoms with Crippen molar-refractivity contribution in [2.45, 2.75) is 43.9 Å². The fourth-order valence-electron chi connectivity index (χ4n) is 12.7. The van der Waals surface area contributed by atoms with Crippen molar-refractivity contribution in [1.82, 2.24) is 15.0 Å². The van der Waals surface area contributed by atoms with Crippen molar-refractivity contribution in [3.05, 3.63) is 188 Å². The number of benzene rings is 8. The summed E-state index contributed by atoms with van der Waals surface area (Å²) in [5.41, 5.74) is 14.6. The van der Waals surface area contributed by atoms with Gasteiger partial charge in [-0.2, -0.15) is 0 Å². The summed E-state index contributed by atoms with van der Waals surface area (Å²) in [6.07, 6.45) is 8.46. The van der Waals surface area contributed by atoms with E-state index >= 15 is 0 Å². The van der Waals surface area contributed by atoms with Gasteiger partial charge in [0, 0.05) is 43.8 Å². The van der Waals surface area contributed by atoms with Gasteiger partial charge >= 0.3 is 0 Å². The molecule has 0 aliphatic heterocycles. The van der Waals surface area contributed by atoms with Crippen molar-refractivity contribution in [1.29, 1.82) is 0 Å². The largest absolute Gasteiger partial charge is 0.456 e. The van der Waals surface area contributed by atoms with E-state index in [0.717, 1.165) is 106 Å². The Morgan fingerprint density at radius 3 is 1.68 bits per heavy atom. The molecule has 4 fully saturated rings. The molecule has 15 rings (SSSR count). The predicted molar refractivity (Wildman–Crippen MR) is 267 cm³/mol. The van der Waals surface area contributed by atoms with E-state index in [4.69, 9.17) is 23.8 Å². The van der Waals surface area contributed by atoms with Gasteiger partial charge in [-0.1, -0.05) is 140 Å². The number of hydrogen-bond donors (Lipinski definition) is 0. The van der Waals surface area contributed by atoms with Gasteiger partial charge in [-0.15, -0.1) is 0 Å². The van der Waals surface area contributed by atoms with Gasteiger partial charge in [-0.3, -0.25) is 0 Å². The number of hydrogen-bond acceptors (Lipinski definition) is 5. The second-order valence-electron chi connectivity index (χ2n) is 19.4. The van der Waals surface area contributed by atoms with Crippen molar-refractivity contribution in [2.75, 3.05) is 0 Å². The van der Waals surface area contributed by atoms with Crippen molar-refractivity contribution in [3.8, 4) is 67.5 Å². The lowest BCUT2D eigenvalue weighted by Gasteiger charge is -2.57. The van der Waals surface area contributed by atoms with Crippen molar-refractivity contribution in [3.63, 3.8) is 0 Å². The van der Waals surface area contributed by atoms with Gasteiger partial charge in [-0.25, -0.2) is 15.0 Å². The third-order valence-corrected chi connectivity index (χ3v) is 15.3. The van der Waals surface area contributed by atoms with Crippen LogP contribution in [0.2, 0.25) is 0 Å². The highest BCUT2D eigenvalue weighted by atomic mass is 16.3. The van der Waals surface area contributed by atoms with Gasteiger partial charge in [0.1, 0.15) is 22.3 Å². The molecule has 66 heavy (non-hydrogen) atoms. The van der Waals surface area contributed by atoms with Crippen LogP contribution in [-0.2, 0) is 5.41 Å². The highest BCUT2D eigenvalue weighted by Crippen LogP contribution is 2.61. The summed E-state index contributed by atoms with van der Waals surface area (Å²) in [6, 6.07) is 64.4. The van der Waals surface area contributed by atoms with Gasteiger partial charge in [0.25, 0.3) is 0 Å². The van der Waals surface area contributed by atoms with Crippen molar-refractivity contribution < 1.29 is 8.83 Å². The van der Waals surface area contributed by atoms with Crippen LogP contribution in [0, 0.1) is 17.8 Å². The van der Waals surface area contributed by atoms with E-state index in [2.05, 4.69) is 146 Å². The van der Waals surface area contributed by atoms with E-state index in [0.29, 0.717) is 22.9 Å². The molecule has 4 saturated carbocycles. The lowest BCUT2D eigenvalue weighted by molar-refractivity contribution is -0.00518. The maximum absolute atomic E-state index is 6.86. The van der Waals surface area contributed by atoms with E-state index < -0.39 is 0 Å². The van der Waals surface area contributed by atoms with Crippen LogP contribution in [0.1, 0.15) is 44.1 Å². The number of rotatable bonds is 7. The summed E-state index contributed by atoms with van der Waals surface area (Å²) in [6.45, 7) is 0. The molecule has 316 valence electrons. The summed E-state index contributed by atoms with van der Waals surface area (Å²) < 4.78 is 13.2. The minimum Gasteiger partial charge on any atom is -0.456 e. The van der Waals surface area contributed by atoms with E-state index in [9.17, 15) is 0 Å². The first-order valence-electron chi connectivity index (χ1n) is 23.6. The Morgan fingerprint density at radius 2 is 0.924 bits per heavy atom. The molecule has 0 saturated heterocycles. The van der Waals surface area contributed by atoms with Gasteiger partial charge < -0.3 is 8.83 Å². The number of furan rings is 2. The Labute approximate surface area is 382 Å². The van der Waals surface area contributed by atoms with Crippen LogP contribution in [-0.4, -0.2) is 15.0 Å². The molecule has 8 aromatic carbocycles. The van der Waals surface area contributed by atoms with Crippen LogP contribution in [0.15, 0.2) is 191 Å². The Kier molecular flexibility index (Phi) is 8.40. The number of nitrogens with zero attached hydrogens (tertiary/aromatic N) is 3. The average Bonchev–Trinajstić information content (AvgIpc) is 3.95. The molecule has 0 spiro atoms. The lowest BCUT2D eigenvalue weighted by Crippen LogP contribution is -2.48. The van der Waals surface area contributed by atoms with Gasteiger partial charge in [0.15, 0.2) is 17.5 Å². The molecule has 0 amide bonds. The molecule has 4 aliphatic carbocycles. The molecule has 0 radical (unpaired) electrons. The van der Waals surface area contributed by atoms with E-state index in [1.165, 1.54) is 49.7 Å². The Balaban J connectivity index is 0.910. The smallest absolute Gasteiger partial charge is 0.164 e. The molecule has 0 N–H and O–H groups in total. The van der Waals surface area contributed by atoms with Crippen LogP contribution < -0.4 is 0 Å². The number of para-hydroxylation sites is 2. The van der Waals surface area contributed by atoms with Crippen LogP contribution in [0.25, 0.3) is 111 Å². The molecular formula is C61H45N3O2. The molecule has 3 aromatic heterocycles. The number of fused-ring (bicyclic) bond motifs is 6. The van der Waals surface area contributed by atoms with Crippen LogP contribution in [0.5, 0.6) is 0 Å². The zero-order chi connectivity index (χ0) is 43.3. The predicted octanol–water partition coefficient (Wildman–Crippen LogP) is 16.1. The molecule has 3 heterocycles. The maximum Gasteiger partial charge on any atom is 0.164 e. The zero-order valence-corrected chi connectivity index (χ0v) is 36.5. The summed E-state index contributed by atoms with van der Waals surface area (Å²) >= 11 is 0. The molecule has 0 atom stereocenters. The molecule has 4 bridgehead atoms. The minimum absolute atomic E-state index is 0.365. The quantitative estimate of drug-likeness (QED) is 0.160. The van der Waals surface area contributed by atoms with Gasteiger partial charge in [0.05, 0.1) is 0 Å². The van der Waals surface area contributed by atoms with Gasteiger partial charge in [-0.05, 0) is 138 Å². The van der Waals surface area contributed by atoms with Gasteiger partial charge in [0.2, 0.25) is 0 Å². The Bertz CT molecular complexity index is 3640. The fourth-order valence-corrected chi connectivity index (χ4v) is 12.7. The first-order chi connectivity index (χ1) is 32.6. The Hall–Kier alpha value is -7.63. The van der Waals surface area contributed by atoms with Crippen molar-refractivity contribution >= 4 is 43.9 Å². The van der Waals surface area contributed by atoms with E-state index in [1.807, 2.05) is 36.4 Å². The normalized spacial score (nSPS) is 20.0. The van der Waals surface area contributed by atoms with E-state index in [-0.39, 0.29) is 0 Å². The second kappa shape index (κ2) is 14.7. The molecule has 11 aromatic rings. The van der Waals surface area contributed by atoms with Crippen LogP contribution in [0.4, 0.5) is 0 Å². The topological polar surface area (TPSA) is 65.0 Å². The second-order valence-corrected chi connectivity index (χ2v) is 19.4. The highest BCUT2D eigenvalue weighted by Gasteiger charge is 2.51. The third kappa shape index (κ3) is 6.17. The summed E-state index contributed by atoms with van der Waals surface area (Å²) in [7, 11) is 0. The SMILES string of the molecule is c1ccc(-c2cc(-c3ccc4c(c3)oc3ccccc34)cc(-c3nc(-c4ccccc4)nc(-c4cccc5oc6c(-c7ccc(C89CC%10CC(CC(C%10)C8)C9)cc7)cccc6c45)n3)c2)cc1. The zero-order valence-electron chi connectivity index (χ0n) is 36.5. The van der Waals surface area contributed by atoms with Crippen LogP contribution >= 0.6 is 0 Å². The Morgan fingerprint density at radius 1 is 0.364 bits per heavy atom. The molecule has 4 aliphatic rings. The first-order valence-corrected chi connectivity index (χ1v) is 23.6. The average molecular weight is 852 g/mol. The first kappa shape index (κ1) is 37.7. The summed E-state index contributed by atoms with van der Waals surface area (Å²) in [5, 5.41) is 4.25. The molecule has 5 heteroatoms. The lowest BCUT2D eigenvalue weighted by atomic mass is 9.48. The standard InChI is InChI=1S/C61H45N3O2/c1-3-11-40(12-4-1)44-30-45(43-23-26-50-49-15-7-8-19-53(49)65-55(50)33-43)32-46(31-44)59-62-58(42-13-5-2-6-14-42)63-60(64-59)52-18-10-20-54-56(52)51-17-9-16-48(57(51)66-54)41-21-24-47(25-22-41)61-34-37-27-38(35-61)29-39(28-37)36-61/h1-26,30-33,37-39H,27-29,34-36H2. The fraction of sp³-hybridized carbons (Fsp3) is 0.164. The maximum atomic E-state index is 6.86. The summed E-state index contributed by atoms with van der Waals surface area (Å²) in [4.78, 5) is 15.8. The monoisotopic (exact) mass is 851 g/mol. The highest BCUT2D eigenvalue weighted by molar-refractivity contribution is 6.15.